The average molecular weight is 228 g/mol. The van der Waals surface area contributed by atoms with E-state index in [4.69, 9.17) is 5.73 Å². The molecule has 0 amide bonds. The Labute approximate surface area is 95.1 Å². The largest absolute Gasteiger partial charge is 0.324 e. The second-order valence-electron chi connectivity index (χ2n) is 4.85. The summed E-state index contributed by atoms with van der Waals surface area (Å²) in [5.41, 5.74) is 5.64. The molecule has 2 nitrogen and oxygen atoms in total. The van der Waals surface area contributed by atoms with Crippen molar-refractivity contribution in [1.82, 2.24) is 4.90 Å². The van der Waals surface area contributed by atoms with Gasteiger partial charge in [-0.2, -0.15) is 0 Å². The molecule has 1 atom stereocenters. The fourth-order valence-corrected chi connectivity index (χ4v) is 2.07. The third kappa shape index (κ3) is 2.77. The van der Waals surface area contributed by atoms with Crippen LogP contribution in [0.4, 0.5) is 8.78 Å². The van der Waals surface area contributed by atoms with Gasteiger partial charge >= 0.3 is 0 Å². The number of hydrogen-bond acceptors (Lipinski definition) is 2. The lowest BCUT2D eigenvalue weighted by Crippen LogP contribution is -2.46. The van der Waals surface area contributed by atoms with E-state index in [9.17, 15) is 8.78 Å². The van der Waals surface area contributed by atoms with Crippen LogP contribution in [0.3, 0.4) is 0 Å². The molecule has 1 aromatic rings. The SMILES string of the molecule is CN(C)C(c1cc(F)ccc1F)C(C)(C)N. The van der Waals surface area contributed by atoms with Crippen LogP contribution < -0.4 is 5.73 Å². The maximum atomic E-state index is 13.7. The van der Waals surface area contributed by atoms with Gasteiger partial charge in [-0.1, -0.05) is 0 Å². The van der Waals surface area contributed by atoms with E-state index in [0.29, 0.717) is 0 Å². The lowest BCUT2D eigenvalue weighted by atomic mass is 9.88. The maximum absolute atomic E-state index is 13.7. The first kappa shape index (κ1) is 13.1. The summed E-state index contributed by atoms with van der Waals surface area (Å²) in [5, 5.41) is 0. The van der Waals surface area contributed by atoms with Crippen LogP contribution in [0.15, 0.2) is 18.2 Å². The van der Waals surface area contributed by atoms with Crippen LogP contribution in [0, 0.1) is 11.6 Å². The van der Waals surface area contributed by atoms with Gasteiger partial charge in [-0.25, -0.2) is 8.78 Å². The first-order chi connectivity index (χ1) is 7.23. The summed E-state index contributed by atoms with van der Waals surface area (Å²) in [5.74, 6) is -0.883. The highest BCUT2D eigenvalue weighted by Crippen LogP contribution is 2.30. The number of likely N-dealkylation sites (N-methyl/N-ethyl adjacent to an activating group) is 1. The standard InChI is InChI=1S/C12H18F2N2/c1-12(2,15)11(16(3)4)9-7-8(13)5-6-10(9)14/h5-7,11H,15H2,1-4H3. The molecule has 0 bridgehead atoms. The van der Waals surface area contributed by atoms with Crippen molar-refractivity contribution in [1.29, 1.82) is 0 Å². The Morgan fingerprint density at radius 3 is 2.25 bits per heavy atom. The molecule has 1 rings (SSSR count). The van der Waals surface area contributed by atoms with Crippen LogP contribution in [0.1, 0.15) is 25.5 Å². The van der Waals surface area contributed by atoms with Gasteiger partial charge in [0.2, 0.25) is 0 Å². The van der Waals surface area contributed by atoms with Crippen molar-refractivity contribution >= 4 is 0 Å². The second kappa shape index (κ2) is 4.47. The summed E-state index contributed by atoms with van der Waals surface area (Å²) in [6, 6.07) is 3.07. The predicted octanol–water partition coefficient (Wildman–Crippen LogP) is 2.30. The second-order valence-corrected chi connectivity index (χ2v) is 4.85. The van der Waals surface area contributed by atoms with Gasteiger partial charge in [0.15, 0.2) is 0 Å². The molecule has 0 fully saturated rings. The molecule has 0 aliphatic heterocycles. The molecule has 0 radical (unpaired) electrons. The molecular weight excluding hydrogens is 210 g/mol. The maximum Gasteiger partial charge on any atom is 0.128 e. The predicted molar refractivity (Wildman–Crippen MR) is 61.1 cm³/mol. The molecule has 2 N–H and O–H groups in total. The minimum atomic E-state index is -0.655. The van der Waals surface area contributed by atoms with Crippen molar-refractivity contribution in [2.24, 2.45) is 5.73 Å². The normalized spacial score (nSPS) is 14.2. The first-order valence-electron chi connectivity index (χ1n) is 5.13. The van der Waals surface area contributed by atoms with E-state index in [2.05, 4.69) is 0 Å². The molecule has 1 aromatic carbocycles. The summed E-state index contributed by atoms with van der Waals surface area (Å²) in [7, 11) is 3.59. The fourth-order valence-electron chi connectivity index (χ4n) is 2.07. The van der Waals surface area contributed by atoms with Crippen LogP contribution >= 0.6 is 0 Å². The molecular formula is C12H18F2N2. The Morgan fingerprint density at radius 2 is 1.81 bits per heavy atom. The highest BCUT2D eigenvalue weighted by atomic mass is 19.1. The van der Waals surface area contributed by atoms with E-state index in [1.807, 2.05) is 0 Å². The molecule has 0 saturated carbocycles. The van der Waals surface area contributed by atoms with Gasteiger partial charge in [-0.3, -0.25) is 0 Å². The van der Waals surface area contributed by atoms with Gasteiger partial charge < -0.3 is 10.6 Å². The molecule has 0 aliphatic carbocycles. The zero-order chi connectivity index (χ0) is 12.5. The third-order valence-electron chi connectivity index (χ3n) is 2.47. The minimum absolute atomic E-state index is 0.289. The smallest absolute Gasteiger partial charge is 0.128 e. The Hall–Kier alpha value is -1.00. The molecule has 4 heteroatoms. The van der Waals surface area contributed by atoms with Gasteiger partial charge in [-0.15, -0.1) is 0 Å². The van der Waals surface area contributed by atoms with E-state index in [1.165, 1.54) is 6.07 Å². The Bertz CT molecular complexity index is 370. The minimum Gasteiger partial charge on any atom is -0.324 e. The molecule has 0 spiro atoms. The van der Waals surface area contributed by atoms with E-state index in [1.54, 1.807) is 32.8 Å². The van der Waals surface area contributed by atoms with E-state index < -0.39 is 17.2 Å². The van der Waals surface area contributed by atoms with Crippen molar-refractivity contribution in [3.05, 3.63) is 35.4 Å². The monoisotopic (exact) mass is 228 g/mol. The molecule has 90 valence electrons. The van der Waals surface area contributed by atoms with Gasteiger partial charge in [0, 0.05) is 11.1 Å². The molecule has 1 unspecified atom stereocenters. The molecule has 16 heavy (non-hydrogen) atoms. The number of rotatable bonds is 3. The van der Waals surface area contributed by atoms with Crippen molar-refractivity contribution < 1.29 is 8.78 Å². The van der Waals surface area contributed by atoms with Crippen LogP contribution in [-0.4, -0.2) is 24.5 Å². The molecule has 0 aliphatic rings. The highest BCUT2D eigenvalue weighted by Gasteiger charge is 2.31. The van der Waals surface area contributed by atoms with Crippen LogP contribution in [0.5, 0.6) is 0 Å². The zero-order valence-electron chi connectivity index (χ0n) is 10.1. The van der Waals surface area contributed by atoms with Gasteiger partial charge in [-0.05, 0) is 46.1 Å². The van der Waals surface area contributed by atoms with Gasteiger partial charge in [0.05, 0.1) is 6.04 Å². The van der Waals surface area contributed by atoms with Crippen molar-refractivity contribution in [2.75, 3.05) is 14.1 Å². The Morgan fingerprint density at radius 1 is 1.25 bits per heavy atom. The quantitative estimate of drug-likeness (QED) is 0.860. The number of halogens is 2. The summed E-state index contributed by atoms with van der Waals surface area (Å²) >= 11 is 0. The summed E-state index contributed by atoms with van der Waals surface area (Å²) < 4.78 is 26.8. The molecule has 0 heterocycles. The highest BCUT2D eigenvalue weighted by molar-refractivity contribution is 5.25. The summed E-state index contributed by atoms with van der Waals surface area (Å²) in [6.45, 7) is 3.59. The molecule has 0 aromatic heterocycles. The van der Waals surface area contributed by atoms with Gasteiger partial charge in [0.25, 0.3) is 0 Å². The van der Waals surface area contributed by atoms with Crippen molar-refractivity contribution in [3.8, 4) is 0 Å². The van der Waals surface area contributed by atoms with Crippen LogP contribution in [-0.2, 0) is 0 Å². The fraction of sp³-hybridized carbons (Fsp3) is 0.500. The van der Waals surface area contributed by atoms with E-state index in [-0.39, 0.29) is 11.6 Å². The van der Waals surface area contributed by atoms with Crippen molar-refractivity contribution in [2.45, 2.75) is 25.4 Å². The van der Waals surface area contributed by atoms with E-state index in [0.717, 1.165) is 12.1 Å². The Kier molecular flexibility index (Phi) is 3.65. The average Bonchev–Trinajstić information content (AvgIpc) is 2.08. The molecule has 0 saturated heterocycles. The first-order valence-corrected chi connectivity index (χ1v) is 5.13. The summed E-state index contributed by atoms with van der Waals surface area (Å²) in [4.78, 5) is 1.79. The Balaban J connectivity index is 3.26. The van der Waals surface area contributed by atoms with E-state index >= 15 is 0 Å². The lowest BCUT2D eigenvalue weighted by molar-refractivity contribution is 0.199. The number of hydrogen-bond donors (Lipinski definition) is 1. The van der Waals surface area contributed by atoms with Crippen LogP contribution in [0.25, 0.3) is 0 Å². The van der Waals surface area contributed by atoms with Crippen LogP contribution in [0.2, 0.25) is 0 Å². The topological polar surface area (TPSA) is 29.3 Å². The van der Waals surface area contributed by atoms with Gasteiger partial charge in [0.1, 0.15) is 11.6 Å². The third-order valence-corrected chi connectivity index (χ3v) is 2.47. The number of nitrogens with zero attached hydrogens (tertiary/aromatic N) is 1. The summed E-state index contributed by atoms with van der Waals surface area (Å²) in [6.07, 6.45) is 0. The van der Waals surface area contributed by atoms with Crippen molar-refractivity contribution in [3.63, 3.8) is 0 Å². The zero-order valence-corrected chi connectivity index (χ0v) is 10.1. The number of benzene rings is 1. The number of nitrogens with two attached hydrogens (primary N) is 1. The lowest BCUT2D eigenvalue weighted by Gasteiger charge is -2.36.